The quantitative estimate of drug-likeness (QED) is 0.624. The van der Waals surface area contributed by atoms with E-state index in [0.717, 1.165) is 11.5 Å². The highest BCUT2D eigenvalue weighted by atomic mass is 32.1. The van der Waals surface area contributed by atoms with Crippen LogP contribution in [-0.2, 0) is 4.74 Å². The molecule has 3 heteroatoms. The van der Waals surface area contributed by atoms with Gasteiger partial charge in [0.25, 0.3) is 0 Å². The minimum Gasteiger partial charge on any atom is -0.484 e. The zero-order valence-electron chi connectivity index (χ0n) is 6.96. The first-order valence-electron chi connectivity index (χ1n) is 3.70. The molecule has 0 aliphatic carbocycles. The Hall–Kier alpha value is -1.09. The molecule has 1 rings (SSSR count). The maximum atomic E-state index is 5.35. The third kappa shape index (κ3) is 1.95. The Morgan fingerprint density at radius 1 is 1.67 bits per heavy atom. The molecule has 0 aromatic rings. The Kier molecular flexibility index (Phi) is 3.05. The van der Waals surface area contributed by atoms with Gasteiger partial charge in [-0.25, -0.2) is 0 Å². The lowest BCUT2D eigenvalue weighted by Crippen LogP contribution is -2.32. The van der Waals surface area contributed by atoms with Crippen LogP contribution in [0.1, 0.15) is 6.92 Å². The van der Waals surface area contributed by atoms with Crippen molar-refractivity contribution >= 4 is 17.2 Å². The van der Waals surface area contributed by atoms with Crippen LogP contribution in [0.25, 0.3) is 0 Å². The number of nitrogens with one attached hydrogen (secondary N) is 1. The molecule has 2 nitrogen and oxygen atoms in total. The molecule has 0 atom stereocenters. The Bertz CT molecular complexity index is 266. The lowest BCUT2D eigenvalue weighted by molar-refractivity contribution is 0.253. The van der Waals surface area contributed by atoms with Crippen molar-refractivity contribution in [3.05, 3.63) is 36.3 Å². The lowest BCUT2D eigenvalue weighted by atomic mass is 10.3. The third-order valence-corrected chi connectivity index (χ3v) is 1.68. The van der Waals surface area contributed by atoms with Crippen LogP contribution in [0.2, 0.25) is 0 Å². The van der Waals surface area contributed by atoms with Crippen molar-refractivity contribution in [3.63, 3.8) is 0 Å². The van der Waals surface area contributed by atoms with Crippen molar-refractivity contribution in [3.8, 4) is 0 Å². The molecule has 64 valence electrons. The molecule has 0 radical (unpaired) electrons. The Morgan fingerprint density at radius 3 is 3.00 bits per heavy atom. The first-order valence-corrected chi connectivity index (χ1v) is 4.11. The molecule has 1 saturated heterocycles. The van der Waals surface area contributed by atoms with Gasteiger partial charge in [0.1, 0.15) is 17.4 Å². The first kappa shape index (κ1) is 9.00. The highest BCUT2D eigenvalue weighted by Gasteiger charge is 2.13. The van der Waals surface area contributed by atoms with E-state index in [0.29, 0.717) is 11.6 Å². The second kappa shape index (κ2) is 4.07. The molecule has 1 heterocycles. The summed E-state index contributed by atoms with van der Waals surface area (Å²) in [4.78, 5) is 0.712. The van der Waals surface area contributed by atoms with Crippen LogP contribution in [0, 0.1) is 0 Å². The maximum absolute atomic E-state index is 5.35. The molecule has 0 aromatic heterocycles. The van der Waals surface area contributed by atoms with Crippen molar-refractivity contribution in [1.29, 1.82) is 0 Å². The number of thiocarbonyl (C=S) groups is 1. The van der Waals surface area contributed by atoms with E-state index < -0.39 is 0 Å². The largest absolute Gasteiger partial charge is 0.484 e. The molecule has 1 aliphatic rings. The molecule has 0 spiro atoms. The summed E-state index contributed by atoms with van der Waals surface area (Å²) in [5.74, 6) is 0.793. The summed E-state index contributed by atoms with van der Waals surface area (Å²) < 4.78 is 5.35. The minimum atomic E-state index is 0.451. The Labute approximate surface area is 77.6 Å². The molecule has 1 aliphatic heterocycles. The van der Waals surface area contributed by atoms with Crippen LogP contribution < -0.4 is 5.32 Å². The average Bonchev–Trinajstić information content (AvgIpc) is 2.08. The molecule has 0 unspecified atom stereocenters. The number of rotatable bonds is 1. The summed E-state index contributed by atoms with van der Waals surface area (Å²) >= 11 is 4.96. The SMILES string of the molecule is C=C/C=C1/OCC(=S)N/C1=C/C. The van der Waals surface area contributed by atoms with Gasteiger partial charge in [-0.1, -0.05) is 30.9 Å². The minimum absolute atomic E-state index is 0.451. The van der Waals surface area contributed by atoms with Crippen LogP contribution in [0.3, 0.4) is 0 Å². The highest BCUT2D eigenvalue weighted by molar-refractivity contribution is 7.80. The van der Waals surface area contributed by atoms with Crippen LogP contribution >= 0.6 is 12.2 Å². The van der Waals surface area contributed by atoms with E-state index in [4.69, 9.17) is 17.0 Å². The standard InChI is InChI=1S/C9H11NOS/c1-3-5-8-7(4-2)10-9(12)6-11-8/h3-5H,1,6H2,2H3,(H,10,12)/b7-4+,8-5+. The van der Waals surface area contributed by atoms with Gasteiger partial charge in [-0.15, -0.1) is 0 Å². The van der Waals surface area contributed by atoms with Gasteiger partial charge in [-0.3, -0.25) is 0 Å². The van der Waals surface area contributed by atoms with Crippen LogP contribution in [-0.4, -0.2) is 11.6 Å². The smallest absolute Gasteiger partial charge is 0.143 e. The molecule has 0 aromatic carbocycles. The molecule has 12 heavy (non-hydrogen) atoms. The van der Waals surface area contributed by atoms with Gasteiger partial charge in [0.05, 0.1) is 5.70 Å². The van der Waals surface area contributed by atoms with E-state index in [1.165, 1.54) is 0 Å². The van der Waals surface area contributed by atoms with Gasteiger partial charge in [0.15, 0.2) is 0 Å². The van der Waals surface area contributed by atoms with Crippen LogP contribution in [0.15, 0.2) is 36.3 Å². The van der Waals surface area contributed by atoms with E-state index in [9.17, 15) is 0 Å². The number of hydrogen-bond donors (Lipinski definition) is 1. The zero-order chi connectivity index (χ0) is 8.97. The van der Waals surface area contributed by atoms with Gasteiger partial charge < -0.3 is 10.1 Å². The summed E-state index contributed by atoms with van der Waals surface area (Å²) in [5.41, 5.74) is 0.908. The summed E-state index contributed by atoms with van der Waals surface area (Å²) in [6.07, 6.45) is 5.42. The first-order chi connectivity index (χ1) is 5.77. The van der Waals surface area contributed by atoms with Gasteiger partial charge >= 0.3 is 0 Å². The third-order valence-electron chi connectivity index (χ3n) is 1.46. The average molecular weight is 181 g/mol. The fourth-order valence-corrected chi connectivity index (χ4v) is 1.10. The van der Waals surface area contributed by atoms with Gasteiger partial charge in [0, 0.05) is 0 Å². The van der Waals surface area contributed by atoms with Crippen LogP contribution in [0.4, 0.5) is 0 Å². The van der Waals surface area contributed by atoms with E-state index in [2.05, 4.69) is 11.9 Å². The van der Waals surface area contributed by atoms with E-state index in [1.807, 2.05) is 19.1 Å². The van der Waals surface area contributed by atoms with Gasteiger partial charge in [-0.05, 0) is 13.0 Å². The predicted molar refractivity (Wildman–Crippen MR) is 53.7 cm³/mol. The highest BCUT2D eigenvalue weighted by Crippen LogP contribution is 2.13. The fourth-order valence-electron chi connectivity index (χ4n) is 0.928. The summed E-state index contributed by atoms with van der Waals surface area (Å²) in [5, 5.41) is 3.05. The molecular weight excluding hydrogens is 170 g/mol. The molecular formula is C9H11NOS. The molecule has 0 bridgehead atoms. The zero-order valence-corrected chi connectivity index (χ0v) is 7.78. The molecule has 0 saturated carbocycles. The fraction of sp³-hybridized carbons (Fsp3) is 0.222. The van der Waals surface area contributed by atoms with E-state index in [1.54, 1.807) is 6.08 Å². The van der Waals surface area contributed by atoms with Crippen LogP contribution in [0.5, 0.6) is 0 Å². The molecule has 1 N–H and O–H groups in total. The topological polar surface area (TPSA) is 21.3 Å². The van der Waals surface area contributed by atoms with Crippen molar-refractivity contribution in [2.45, 2.75) is 6.92 Å². The van der Waals surface area contributed by atoms with Crippen molar-refractivity contribution < 1.29 is 4.74 Å². The normalized spacial score (nSPS) is 23.6. The lowest BCUT2D eigenvalue weighted by Gasteiger charge is -2.21. The Balaban J connectivity index is 2.83. The summed E-state index contributed by atoms with van der Waals surface area (Å²) in [6, 6.07) is 0. The van der Waals surface area contributed by atoms with Crippen molar-refractivity contribution in [2.75, 3.05) is 6.61 Å². The van der Waals surface area contributed by atoms with Crippen molar-refractivity contribution in [2.24, 2.45) is 0 Å². The van der Waals surface area contributed by atoms with Gasteiger partial charge in [-0.2, -0.15) is 0 Å². The number of ether oxygens (including phenoxy) is 1. The van der Waals surface area contributed by atoms with Gasteiger partial charge in [0.2, 0.25) is 0 Å². The maximum Gasteiger partial charge on any atom is 0.143 e. The number of hydrogen-bond acceptors (Lipinski definition) is 2. The molecule has 1 fully saturated rings. The van der Waals surface area contributed by atoms with Crippen molar-refractivity contribution in [1.82, 2.24) is 5.32 Å². The summed E-state index contributed by atoms with van der Waals surface area (Å²) in [6.45, 7) is 5.98. The second-order valence-corrected chi connectivity index (χ2v) is 2.80. The second-order valence-electron chi connectivity index (χ2n) is 2.31. The van der Waals surface area contributed by atoms with E-state index >= 15 is 0 Å². The number of allylic oxidation sites excluding steroid dienone is 3. The monoisotopic (exact) mass is 181 g/mol. The predicted octanol–water partition coefficient (Wildman–Crippen LogP) is 1.91. The Morgan fingerprint density at radius 2 is 2.42 bits per heavy atom. The summed E-state index contributed by atoms with van der Waals surface area (Å²) in [7, 11) is 0. The van der Waals surface area contributed by atoms with E-state index in [-0.39, 0.29) is 0 Å². The molecule has 0 amide bonds. The number of morpholine rings is 1.